The van der Waals surface area contributed by atoms with Crippen molar-refractivity contribution in [3.63, 3.8) is 0 Å². The molecular weight excluding hydrogens is 227 g/mol. The van der Waals surface area contributed by atoms with Gasteiger partial charge < -0.3 is 0 Å². The second-order valence-electron chi connectivity index (χ2n) is 3.43. The highest BCUT2D eigenvalue weighted by Crippen LogP contribution is 2.24. The average Bonchev–Trinajstić information content (AvgIpc) is 2.78. The molecule has 0 aliphatic heterocycles. The minimum absolute atomic E-state index is 0.241. The molecule has 0 aliphatic rings. The molecule has 3 N–H and O–H groups in total. The Labute approximate surface area is 96.4 Å². The maximum Gasteiger partial charge on any atom is 0.126 e. The quantitative estimate of drug-likeness (QED) is 0.629. The van der Waals surface area contributed by atoms with Gasteiger partial charge in [-0.25, -0.2) is 9.82 Å². The summed E-state index contributed by atoms with van der Waals surface area (Å²) in [6.45, 7) is 1.72. The molecule has 84 valence electrons. The van der Waals surface area contributed by atoms with Crippen LogP contribution in [0.5, 0.6) is 0 Å². The Bertz CT molecular complexity index is 472. The van der Waals surface area contributed by atoms with E-state index in [1.54, 1.807) is 19.2 Å². The van der Waals surface area contributed by atoms with E-state index in [9.17, 15) is 4.39 Å². The van der Waals surface area contributed by atoms with Gasteiger partial charge in [-0.3, -0.25) is 5.84 Å². The number of rotatable bonds is 3. The molecule has 1 unspecified atom stereocenters. The second kappa shape index (κ2) is 4.65. The van der Waals surface area contributed by atoms with Gasteiger partial charge in [0.05, 0.1) is 17.1 Å². The molecule has 1 aromatic heterocycles. The molecule has 0 saturated carbocycles. The first kappa shape index (κ1) is 11.1. The molecule has 6 heteroatoms. The predicted octanol–water partition coefficient (Wildman–Crippen LogP) is 1.54. The zero-order valence-electron chi connectivity index (χ0n) is 8.64. The minimum Gasteiger partial charge on any atom is -0.271 e. The van der Waals surface area contributed by atoms with Gasteiger partial charge in [0.1, 0.15) is 5.82 Å². The molecule has 1 atom stereocenters. The highest BCUT2D eigenvalue weighted by atomic mass is 32.1. The van der Waals surface area contributed by atoms with Gasteiger partial charge in [0.15, 0.2) is 0 Å². The number of nitrogens with two attached hydrogens (primary N) is 1. The molecular formula is C10H11FN4S. The number of nitrogens with zero attached hydrogens (tertiary/aromatic N) is 2. The number of hydrogen-bond acceptors (Lipinski definition) is 5. The Balaban J connectivity index is 2.37. The van der Waals surface area contributed by atoms with Crippen LogP contribution in [-0.2, 0) is 0 Å². The molecule has 0 saturated heterocycles. The van der Waals surface area contributed by atoms with Crippen molar-refractivity contribution in [3.8, 4) is 0 Å². The molecule has 2 aromatic rings. The van der Waals surface area contributed by atoms with Crippen LogP contribution in [0.4, 0.5) is 4.39 Å². The number of nitrogens with one attached hydrogen (secondary N) is 1. The van der Waals surface area contributed by atoms with E-state index in [1.807, 2.05) is 6.07 Å². The lowest BCUT2D eigenvalue weighted by molar-refractivity contribution is 0.601. The van der Waals surface area contributed by atoms with Crippen molar-refractivity contribution in [1.82, 2.24) is 15.0 Å². The lowest BCUT2D eigenvalue weighted by atomic mass is 10.0. The van der Waals surface area contributed by atoms with Crippen LogP contribution in [0.1, 0.15) is 22.0 Å². The Morgan fingerprint density at radius 3 is 2.88 bits per heavy atom. The van der Waals surface area contributed by atoms with Crippen LogP contribution < -0.4 is 11.3 Å². The normalized spacial score (nSPS) is 12.7. The summed E-state index contributed by atoms with van der Waals surface area (Å²) in [6, 6.07) is 4.77. The Kier molecular flexibility index (Phi) is 3.23. The largest absolute Gasteiger partial charge is 0.271 e. The van der Waals surface area contributed by atoms with E-state index < -0.39 is 0 Å². The molecule has 0 fully saturated rings. The van der Waals surface area contributed by atoms with Crippen molar-refractivity contribution in [2.75, 3.05) is 0 Å². The molecule has 16 heavy (non-hydrogen) atoms. The number of aromatic nitrogens is 2. The fourth-order valence-electron chi connectivity index (χ4n) is 1.43. The minimum atomic E-state index is -0.268. The summed E-state index contributed by atoms with van der Waals surface area (Å²) in [7, 11) is 0. The van der Waals surface area contributed by atoms with Gasteiger partial charge in [-0.2, -0.15) is 0 Å². The fourth-order valence-corrected chi connectivity index (χ4v) is 2.03. The van der Waals surface area contributed by atoms with Crippen LogP contribution in [0, 0.1) is 12.7 Å². The van der Waals surface area contributed by atoms with E-state index in [0.29, 0.717) is 5.56 Å². The molecule has 1 heterocycles. The average molecular weight is 238 g/mol. The van der Waals surface area contributed by atoms with Crippen molar-refractivity contribution in [2.45, 2.75) is 13.0 Å². The first-order valence-electron chi connectivity index (χ1n) is 4.72. The molecule has 0 aliphatic carbocycles. The van der Waals surface area contributed by atoms with Crippen LogP contribution in [0.25, 0.3) is 0 Å². The summed E-state index contributed by atoms with van der Waals surface area (Å²) in [5, 5.41) is 3.74. The second-order valence-corrected chi connectivity index (χ2v) is 4.25. The van der Waals surface area contributed by atoms with Gasteiger partial charge >= 0.3 is 0 Å². The summed E-state index contributed by atoms with van der Waals surface area (Å²) in [6.07, 6.45) is 1.62. The first-order valence-corrected chi connectivity index (χ1v) is 5.49. The molecule has 1 aromatic carbocycles. The third-order valence-electron chi connectivity index (χ3n) is 2.36. The number of aryl methyl sites for hydroxylation is 1. The lowest BCUT2D eigenvalue weighted by Gasteiger charge is -2.14. The Morgan fingerprint density at radius 1 is 1.50 bits per heavy atom. The zero-order chi connectivity index (χ0) is 11.5. The predicted molar refractivity (Wildman–Crippen MR) is 60.2 cm³/mol. The zero-order valence-corrected chi connectivity index (χ0v) is 9.46. The maximum atomic E-state index is 13.4. The first-order chi connectivity index (χ1) is 7.72. The smallest absolute Gasteiger partial charge is 0.126 e. The lowest BCUT2D eigenvalue weighted by Crippen LogP contribution is -2.28. The van der Waals surface area contributed by atoms with Gasteiger partial charge in [0.2, 0.25) is 0 Å². The van der Waals surface area contributed by atoms with Crippen LogP contribution in [0.3, 0.4) is 0 Å². The summed E-state index contributed by atoms with van der Waals surface area (Å²) >= 11 is 1.23. The molecule has 0 bridgehead atoms. The Morgan fingerprint density at radius 2 is 2.31 bits per heavy atom. The topological polar surface area (TPSA) is 63.8 Å². The van der Waals surface area contributed by atoms with Gasteiger partial charge in [-0.15, -0.1) is 5.10 Å². The van der Waals surface area contributed by atoms with E-state index in [2.05, 4.69) is 15.0 Å². The maximum absolute atomic E-state index is 13.4. The van der Waals surface area contributed by atoms with Crippen molar-refractivity contribution in [1.29, 1.82) is 0 Å². The highest BCUT2D eigenvalue weighted by Gasteiger charge is 2.15. The van der Waals surface area contributed by atoms with Crippen molar-refractivity contribution in [2.24, 2.45) is 5.84 Å². The summed E-state index contributed by atoms with van der Waals surface area (Å²) in [5.41, 5.74) is 4.00. The van der Waals surface area contributed by atoms with Crippen molar-refractivity contribution >= 4 is 11.5 Å². The molecule has 2 rings (SSSR count). The van der Waals surface area contributed by atoms with Crippen LogP contribution in [0.2, 0.25) is 0 Å². The molecule has 4 nitrogen and oxygen atoms in total. The van der Waals surface area contributed by atoms with Crippen molar-refractivity contribution in [3.05, 3.63) is 46.2 Å². The van der Waals surface area contributed by atoms with E-state index in [-0.39, 0.29) is 11.9 Å². The number of hydrogen-bond donors (Lipinski definition) is 2. The van der Waals surface area contributed by atoms with Gasteiger partial charge in [0.25, 0.3) is 0 Å². The molecule has 0 amide bonds. The number of halogens is 1. The standard InChI is InChI=1S/C10H11FN4S/c1-6-2-3-7(4-8(6)11)10(14-12)9-5-13-15-16-9/h2-5,10,14H,12H2,1H3. The monoisotopic (exact) mass is 238 g/mol. The van der Waals surface area contributed by atoms with Crippen LogP contribution in [0.15, 0.2) is 24.4 Å². The third kappa shape index (κ3) is 2.08. The third-order valence-corrected chi connectivity index (χ3v) is 3.09. The van der Waals surface area contributed by atoms with E-state index in [1.165, 1.54) is 17.6 Å². The van der Waals surface area contributed by atoms with Gasteiger partial charge in [0, 0.05) is 0 Å². The fraction of sp³-hybridized carbons (Fsp3) is 0.200. The summed E-state index contributed by atoms with van der Waals surface area (Å²) in [4.78, 5) is 0.853. The van der Waals surface area contributed by atoms with E-state index in [4.69, 9.17) is 5.84 Å². The highest BCUT2D eigenvalue weighted by molar-refractivity contribution is 7.05. The Hall–Kier alpha value is -1.37. The van der Waals surface area contributed by atoms with Crippen LogP contribution >= 0.6 is 11.5 Å². The summed E-state index contributed by atoms with van der Waals surface area (Å²) in [5.74, 6) is 5.22. The van der Waals surface area contributed by atoms with Gasteiger partial charge in [-0.05, 0) is 35.6 Å². The molecule has 0 spiro atoms. The van der Waals surface area contributed by atoms with Crippen molar-refractivity contribution < 1.29 is 4.39 Å². The molecule has 0 radical (unpaired) electrons. The van der Waals surface area contributed by atoms with Gasteiger partial charge in [-0.1, -0.05) is 16.6 Å². The van der Waals surface area contributed by atoms with E-state index >= 15 is 0 Å². The number of benzene rings is 1. The van der Waals surface area contributed by atoms with Crippen LogP contribution in [-0.4, -0.2) is 9.59 Å². The number of hydrazine groups is 1. The SMILES string of the molecule is Cc1ccc(C(NN)c2cnns2)cc1F. The summed E-state index contributed by atoms with van der Waals surface area (Å²) < 4.78 is 17.2. The van der Waals surface area contributed by atoms with E-state index in [0.717, 1.165) is 10.4 Å².